The molecule has 1 atom stereocenters. The normalized spacial score (nSPS) is 11.6. The van der Waals surface area contributed by atoms with Crippen molar-refractivity contribution in [3.05, 3.63) is 84.4 Å². The maximum absolute atomic E-state index is 12.4. The van der Waals surface area contributed by atoms with Crippen LogP contribution in [0.15, 0.2) is 78.9 Å². The standard InChI is InChI=1S/C25H27NO2/c1-3-4-8-20-11-15-23(16-12-20)26-25(27)19(2)28-24-17-13-22(14-18-24)21-9-6-5-7-10-21/h5-7,9-19H,3-4,8H2,1-2H3,(H,26,27). The quantitative estimate of drug-likeness (QED) is 0.518. The molecule has 3 aromatic carbocycles. The minimum absolute atomic E-state index is 0.159. The number of hydrogen-bond donors (Lipinski definition) is 1. The second kappa shape index (κ2) is 9.75. The Hall–Kier alpha value is -3.07. The van der Waals surface area contributed by atoms with E-state index in [0.717, 1.165) is 23.2 Å². The molecule has 0 aliphatic heterocycles. The van der Waals surface area contributed by atoms with E-state index in [1.165, 1.54) is 18.4 Å². The summed E-state index contributed by atoms with van der Waals surface area (Å²) < 4.78 is 5.80. The maximum atomic E-state index is 12.4. The summed E-state index contributed by atoms with van der Waals surface area (Å²) in [7, 11) is 0. The van der Waals surface area contributed by atoms with Crippen LogP contribution in [-0.4, -0.2) is 12.0 Å². The van der Waals surface area contributed by atoms with Gasteiger partial charge in [0.05, 0.1) is 0 Å². The predicted octanol–water partition coefficient (Wildman–Crippen LogP) is 6.10. The van der Waals surface area contributed by atoms with Crippen LogP contribution >= 0.6 is 0 Å². The van der Waals surface area contributed by atoms with Gasteiger partial charge in [0.1, 0.15) is 5.75 Å². The average molecular weight is 373 g/mol. The zero-order valence-corrected chi connectivity index (χ0v) is 16.5. The summed E-state index contributed by atoms with van der Waals surface area (Å²) in [6, 6.07) is 26.0. The second-order valence-electron chi connectivity index (χ2n) is 6.94. The molecule has 1 amide bonds. The van der Waals surface area contributed by atoms with Crippen LogP contribution in [0.2, 0.25) is 0 Å². The van der Waals surface area contributed by atoms with Gasteiger partial charge in [-0.25, -0.2) is 0 Å². The highest BCUT2D eigenvalue weighted by atomic mass is 16.5. The van der Waals surface area contributed by atoms with Crippen LogP contribution < -0.4 is 10.1 Å². The summed E-state index contributed by atoms with van der Waals surface area (Å²) in [5.74, 6) is 0.519. The van der Waals surface area contributed by atoms with Crippen molar-refractivity contribution in [2.24, 2.45) is 0 Å². The smallest absolute Gasteiger partial charge is 0.265 e. The third kappa shape index (κ3) is 5.46. The first-order valence-electron chi connectivity index (χ1n) is 9.87. The van der Waals surface area contributed by atoms with Crippen LogP contribution in [0.1, 0.15) is 32.3 Å². The summed E-state index contributed by atoms with van der Waals surface area (Å²) in [6.45, 7) is 3.95. The fourth-order valence-electron chi connectivity index (χ4n) is 2.99. The van der Waals surface area contributed by atoms with Gasteiger partial charge >= 0.3 is 0 Å². The van der Waals surface area contributed by atoms with Gasteiger partial charge in [0.2, 0.25) is 0 Å². The van der Waals surface area contributed by atoms with Gasteiger partial charge in [-0.1, -0.05) is 67.9 Å². The third-order valence-corrected chi connectivity index (χ3v) is 4.68. The Kier molecular flexibility index (Phi) is 6.85. The van der Waals surface area contributed by atoms with Gasteiger partial charge in [0, 0.05) is 5.69 Å². The molecule has 0 spiro atoms. The molecule has 144 valence electrons. The molecule has 0 aromatic heterocycles. The number of benzene rings is 3. The second-order valence-corrected chi connectivity index (χ2v) is 6.94. The van der Waals surface area contributed by atoms with Crippen LogP contribution in [0.3, 0.4) is 0 Å². The minimum Gasteiger partial charge on any atom is -0.481 e. The van der Waals surface area contributed by atoms with Crippen molar-refractivity contribution in [2.45, 2.75) is 39.2 Å². The fraction of sp³-hybridized carbons (Fsp3) is 0.240. The molecule has 1 unspecified atom stereocenters. The van der Waals surface area contributed by atoms with E-state index in [9.17, 15) is 4.79 Å². The highest BCUT2D eigenvalue weighted by Gasteiger charge is 2.15. The monoisotopic (exact) mass is 373 g/mol. The largest absolute Gasteiger partial charge is 0.481 e. The number of amides is 1. The molecule has 28 heavy (non-hydrogen) atoms. The van der Waals surface area contributed by atoms with Gasteiger partial charge in [-0.2, -0.15) is 0 Å². The molecule has 0 radical (unpaired) electrons. The van der Waals surface area contributed by atoms with E-state index in [4.69, 9.17) is 4.74 Å². The molecular formula is C25H27NO2. The zero-order chi connectivity index (χ0) is 19.8. The van der Waals surface area contributed by atoms with Crippen molar-refractivity contribution in [3.8, 4) is 16.9 Å². The number of rotatable bonds is 8. The summed E-state index contributed by atoms with van der Waals surface area (Å²) in [6.07, 6.45) is 2.85. The van der Waals surface area contributed by atoms with Crippen LogP contribution in [0.5, 0.6) is 5.75 Å². The SMILES string of the molecule is CCCCc1ccc(NC(=O)C(C)Oc2ccc(-c3ccccc3)cc2)cc1. The number of carbonyl (C=O) groups is 1. The summed E-state index contributed by atoms with van der Waals surface area (Å²) in [4.78, 5) is 12.4. The Morgan fingerprint density at radius 2 is 1.54 bits per heavy atom. The maximum Gasteiger partial charge on any atom is 0.265 e. The number of ether oxygens (including phenoxy) is 1. The Balaban J connectivity index is 1.55. The fourth-order valence-corrected chi connectivity index (χ4v) is 2.99. The van der Waals surface area contributed by atoms with Gasteiger partial charge in [-0.3, -0.25) is 4.79 Å². The molecule has 0 bridgehead atoms. The molecule has 3 heteroatoms. The van der Waals surface area contributed by atoms with Crippen molar-refractivity contribution >= 4 is 11.6 Å². The number of hydrogen-bond acceptors (Lipinski definition) is 2. The summed E-state index contributed by atoms with van der Waals surface area (Å²) in [5, 5.41) is 2.92. The van der Waals surface area contributed by atoms with Gasteiger partial charge in [-0.05, 0) is 60.7 Å². The lowest BCUT2D eigenvalue weighted by molar-refractivity contribution is -0.122. The van der Waals surface area contributed by atoms with E-state index in [1.807, 2.05) is 54.6 Å². The molecular weight excluding hydrogens is 346 g/mol. The third-order valence-electron chi connectivity index (χ3n) is 4.68. The van der Waals surface area contributed by atoms with Crippen molar-refractivity contribution in [1.82, 2.24) is 0 Å². The number of nitrogens with one attached hydrogen (secondary N) is 1. The summed E-state index contributed by atoms with van der Waals surface area (Å²) >= 11 is 0. The van der Waals surface area contributed by atoms with E-state index in [-0.39, 0.29) is 5.91 Å². The molecule has 0 saturated carbocycles. The van der Waals surface area contributed by atoms with Gasteiger partial charge < -0.3 is 10.1 Å². The molecule has 0 heterocycles. The summed E-state index contributed by atoms with van der Waals surface area (Å²) in [5.41, 5.74) is 4.36. The van der Waals surface area contributed by atoms with E-state index < -0.39 is 6.10 Å². The molecule has 0 aliphatic rings. The predicted molar refractivity (Wildman–Crippen MR) is 116 cm³/mol. The van der Waals surface area contributed by atoms with E-state index in [1.54, 1.807) is 6.92 Å². The first kappa shape index (κ1) is 19.7. The van der Waals surface area contributed by atoms with E-state index >= 15 is 0 Å². The number of anilines is 1. The van der Waals surface area contributed by atoms with Crippen molar-refractivity contribution < 1.29 is 9.53 Å². The first-order chi connectivity index (χ1) is 13.7. The zero-order valence-electron chi connectivity index (χ0n) is 16.5. The number of aryl methyl sites for hydroxylation is 1. The molecule has 0 fully saturated rings. The van der Waals surface area contributed by atoms with Crippen molar-refractivity contribution in [2.75, 3.05) is 5.32 Å². The van der Waals surface area contributed by atoms with Gasteiger partial charge in [-0.15, -0.1) is 0 Å². The Bertz CT molecular complexity index is 871. The average Bonchev–Trinajstić information content (AvgIpc) is 2.74. The van der Waals surface area contributed by atoms with Gasteiger partial charge in [0.15, 0.2) is 6.10 Å². The van der Waals surface area contributed by atoms with Crippen LogP contribution in [0.25, 0.3) is 11.1 Å². The van der Waals surface area contributed by atoms with Crippen LogP contribution in [0.4, 0.5) is 5.69 Å². The Morgan fingerprint density at radius 1 is 0.893 bits per heavy atom. The molecule has 1 N–H and O–H groups in total. The highest BCUT2D eigenvalue weighted by molar-refractivity contribution is 5.94. The molecule has 0 aliphatic carbocycles. The number of unbranched alkanes of at least 4 members (excludes halogenated alkanes) is 1. The molecule has 3 rings (SSSR count). The van der Waals surface area contributed by atoms with Gasteiger partial charge in [0.25, 0.3) is 5.91 Å². The molecule has 3 aromatic rings. The van der Waals surface area contributed by atoms with E-state index in [0.29, 0.717) is 5.75 Å². The highest BCUT2D eigenvalue weighted by Crippen LogP contribution is 2.23. The van der Waals surface area contributed by atoms with Crippen molar-refractivity contribution in [3.63, 3.8) is 0 Å². The lowest BCUT2D eigenvalue weighted by Crippen LogP contribution is -2.30. The van der Waals surface area contributed by atoms with Crippen LogP contribution in [-0.2, 0) is 11.2 Å². The molecule has 0 saturated heterocycles. The topological polar surface area (TPSA) is 38.3 Å². The van der Waals surface area contributed by atoms with Crippen molar-refractivity contribution in [1.29, 1.82) is 0 Å². The Labute approximate surface area is 167 Å². The lowest BCUT2D eigenvalue weighted by atomic mass is 10.1. The molecule has 3 nitrogen and oxygen atoms in total. The first-order valence-corrected chi connectivity index (χ1v) is 9.87. The minimum atomic E-state index is -0.581. The Morgan fingerprint density at radius 3 is 2.18 bits per heavy atom. The number of carbonyl (C=O) groups excluding carboxylic acids is 1. The van der Waals surface area contributed by atoms with Crippen LogP contribution in [0, 0.1) is 0 Å². The van der Waals surface area contributed by atoms with E-state index in [2.05, 4.69) is 36.5 Å². The lowest BCUT2D eigenvalue weighted by Gasteiger charge is -2.15.